The van der Waals surface area contributed by atoms with E-state index < -0.39 is 0 Å². The zero-order chi connectivity index (χ0) is 10.1. The minimum atomic E-state index is -0.106. The Balaban J connectivity index is 1.77. The van der Waals surface area contributed by atoms with E-state index in [4.69, 9.17) is 18.9 Å². The fourth-order valence-corrected chi connectivity index (χ4v) is 1.10. The smallest absolute Gasteiger partial charge is 0.160 e. The molecule has 0 aromatic heterocycles. The summed E-state index contributed by atoms with van der Waals surface area (Å²) in [5, 5.41) is 0. The van der Waals surface area contributed by atoms with E-state index in [2.05, 4.69) is 0 Å². The van der Waals surface area contributed by atoms with Crippen molar-refractivity contribution in [1.29, 1.82) is 0 Å². The van der Waals surface area contributed by atoms with Gasteiger partial charge in [-0.15, -0.1) is 0 Å². The minimum Gasteiger partial charge on any atom is -0.379 e. The monoisotopic (exact) mass is 204 g/mol. The van der Waals surface area contributed by atoms with E-state index in [1.54, 1.807) is 0 Å². The lowest BCUT2D eigenvalue weighted by Gasteiger charge is -2.08. The molecule has 0 saturated carbocycles. The van der Waals surface area contributed by atoms with Crippen LogP contribution in [-0.2, 0) is 23.7 Å². The summed E-state index contributed by atoms with van der Waals surface area (Å²) in [4.78, 5) is 9.87. The molecule has 1 rings (SSSR count). The highest BCUT2D eigenvalue weighted by Gasteiger charge is 2.14. The number of hydrogen-bond donors (Lipinski definition) is 0. The summed E-state index contributed by atoms with van der Waals surface area (Å²) in [5.74, 6) is 0. The first kappa shape index (κ1) is 11.6. The van der Waals surface area contributed by atoms with Gasteiger partial charge in [-0.2, -0.15) is 0 Å². The molecule has 1 saturated heterocycles. The fourth-order valence-electron chi connectivity index (χ4n) is 1.10. The van der Waals surface area contributed by atoms with Gasteiger partial charge in [-0.05, 0) is 0 Å². The highest BCUT2D eigenvalue weighted by molar-refractivity contribution is 5.50. The van der Waals surface area contributed by atoms with Crippen LogP contribution in [-0.4, -0.2) is 52.2 Å². The summed E-state index contributed by atoms with van der Waals surface area (Å²) in [6.07, 6.45) is 1.36. The molecule has 14 heavy (non-hydrogen) atoms. The van der Waals surface area contributed by atoms with Crippen molar-refractivity contribution in [2.24, 2.45) is 0 Å². The van der Waals surface area contributed by atoms with Crippen LogP contribution in [0.15, 0.2) is 0 Å². The van der Waals surface area contributed by atoms with Crippen molar-refractivity contribution in [2.45, 2.75) is 12.7 Å². The second-order valence-corrected chi connectivity index (χ2v) is 2.81. The molecule has 1 aliphatic rings. The summed E-state index contributed by atoms with van der Waals surface area (Å²) in [6.45, 7) is 3.03. The van der Waals surface area contributed by atoms with E-state index in [0.29, 0.717) is 33.0 Å². The second kappa shape index (κ2) is 7.87. The van der Waals surface area contributed by atoms with E-state index >= 15 is 0 Å². The van der Waals surface area contributed by atoms with Gasteiger partial charge in [-0.25, -0.2) is 0 Å². The number of aldehydes is 1. The first-order valence-corrected chi connectivity index (χ1v) is 4.76. The summed E-state index contributed by atoms with van der Waals surface area (Å²) in [5.41, 5.74) is 0. The summed E-state index contributed by atoms with van der Waals surface area (Å²) >= 11 is 0. The normalized spacial score (nSPS) is 17.4. The Bertz CT molecular complexity index is 144. The molecule has 0 amide bonds. The van der Waals surface area contributed by atoms with Crippen LogP contribution < -0.4 is 0 Å². The maximum absolute atomic E-state index is 9.87. The number of carbonyl (C=O) groups is 1. The summed E-state index contributed by atoms with van der Waals surface area (Å²) in [6, 6.07) is 0. The van der Waals surface area contributed by atoms with Gasteiger partial charge in [0.2, 0.25) is 0 Å². The minimum absolute atomic E-state index is 0.106. The Morgan fingerprint density at radius 2 is 1.86 bits per heavy atom. The number of hydrogen-bond acceptors (Lipinski definition) is 5. The van der Waals surface area contributed by atoms with Crippen molar-refractivity contribution >= 4 is 6.29 Å². The molecule has 1 aliphatic heterocycles. The SMILES string of the molecule is O=CCOCCOCCC1OCCO1. The van der Waals surface area contributed by atoms with E-state index in [-0.39, 0.29) is 12.9 Å². The van der Waals surface area contributed by atoms with Gasteiger partial charge in [0.15, 0.2) is 6.29 Å². The summed E-state index contributed by atoms with van der Waals surface area (Å²) < 4.78 is 20.6. The fraction of sp³-hybridized carbons (Fsp3) is 0.889. The molecule has 5 nitrogen and oxygen atoms in total. The lowest BCUT2D eigenvalue weighted by atomic mass is 10.4. The Morgan fingerprint density at radius 3 is 2.57 bits per heavy atom. The van der Waals surface area contributed by atoms with Gasteiger partial charge in [0.1, 0.15) is 12.9 Å². The Hall–Kier alpha value is -0.490. The molecular formula is C9H16O5. The van der Waals surface area contributed by atoms with Crippen LogP contribution in [0.2, 0.25) is 0 Å². The quantitative estimate of drug-likeness (QED) is 0.411. The highest BCUT2D eigenvalue weighted by Crippen LogP contribution is 2.07. The molecule has 0 unspecified atom stereocenters. The van der Waals surface area contributed by atoms with Gasteiger partial charge in [-0.1, -0.05) is 0 Å². The topological polar surface area (TPSA) is 54.0 Å². The number of carbonyl (C=O) groups excluding carboxylic acids is 1. The lowest BCUT2D eigenvalue weighted by molar-refractivity contribution is -0.112. The third kappa shape index (κ3) is 5.29. The maximum atomic E-state index is 9.87. The van der Waals surface area contributed by atoms with Crippen molar-refractivity contribution in [3.05, 3.63) is 0 Å². The Labute approximate surface area is 83.3 Å². The molecule has 82 valence electrons. The van der Waals surface area contributed by atoms with Gasteiger partial charge in [0, 0.05) is 6.42 Å². The van der Waals surface area contributed by atoms with Crippen LogP contribution in [0.4, 0.5) is 0 Å². The lowest BCUT2D eigenvalue weighted by Crippen LogP contribution is -2.13. The van der Waals surface area contributed by atoms with Crippen molar-refractivity contribution < 1.29 is 23.7 Å². The van der Waals surface area contributed by atoms with E-state index in [1.807, 2.05) is 0 Å². The molecule has 5 heteroatoms. The molecule has 0 bridgehead atoms. The molecule has 0 aliphatic carbocycles. The third-order valence-electron chi connectivity index (χ3n) is 1.75. The molecule has 0 N–H and O–H groups in total. The van der Waals surface area contributed by atoms with E-state index in [0.717, 1.165) is 12.7 Å². The zero-order valence-corrected chi connectivity index (χ0v) is 8.15. The van der Waals surface area contributed by atoms with Gasteiger partial charge < -0.3 is 23.7 Å². The summed E-state index contributed by atoms with van der Waals surface area (Å²) in [7, 11) is 0. The largest absolute Gasteiger partial charge is 0.379 e. The molecule has 0 radical (unpaired) electrons. The van der Waals surface area contributed by atoms with Crippen molar-refractivity contribution in [3.8, 4) is 0 Å². The molecule has 0 atom stereocenters. The van der Waals surface area contributed by atoms with Crippen LogP contribution in [0, 0.1) is 0 Å². The Morgan fingerprint density at radius 1 is 1.14 bits per heavy atom. The van der Waals surface area contributed by atoms with E-state index in [9.17, 15) is 4.79 Å². The standard InChI is InChI=1S/C9H16O5/c10-2-4-12-6-5-11-3-1-9-13-7-8-14-9/h2,9H,1,3-8H2. The van der Waals surface area contributed by atoms with Gasteiger partial charge in [0.05, 0.1) is 33.0 Å². The average molecular weight is 204 g/mol. The Kier molecular flexibility index (Phi) is 6.51. The van der Waals surface area contributed by atoms with Crippen molar-refractivity contribution in [1.82, 2.24) is 0 Å². The number of ether oxygens (including phenoxy) is 4. The number of rotatable bonds is 8. The zero-order valence-electron chi connectivity index (χ0n) is 8.15. The molecule has 0 aromatic rings. The van der Waals surface area contributed by atoms with Gasteiger partial charge in [-0.3, -0.25) is 0 Å². The van der Waals surface area contributed by atoms with Crippen molar-refractivity contribution in [3.63, 3.8) is 0 Å². The van der Waals surface area contributed by atoms with E-state index in [1.165, 1.54) is 0 Å². The van der Waals surface area contributed by atoms with Crippen LogP contribution in [0.1, 0.15) is 6.42 Å². The van der Waals surface area contributed by atoms with Crippen LogP contribution in [0.3, 0.4) is 0 Å². The average Bonchev–Trinajstić information content (AvgIpc) is 2.69. The van der Waals surface area contributed by atoms with Crippen molar-refractivity contribution in [2.75, 3.05) is 39.6 Å². The maximum Gasteiger partial charge on any atom is 0.160 e. The predicted molar refractivity (Wildman–Crippen MR) is 48.0 cm³/mol. The molecule has 1 fully saturated rings. The predicted octanol–water partition coefficient (Wildman–Crippen LogP) is -0.0185. The van der Waals surface area contributed by atoms with Gasteiger partial charge >= 0.3 is 0 Å². The molecule has 1 heterocycles. The first-order valence-electron chi connectivity index (χ1n) is 4.76. The van der Waals surface area contributed by atoms with Gasteiger partial charge in [0.25, 0.3) is 0 Å². The van der Waals surface area contributed by atoms with Crippen LogP contribution >= 0.6 is 0 Å². The second-order valence-electron chi connectivity index (χ2n) is 2.81. The first-order chi connectivity index (χ1) is 6.93. The molecule has 0 spiro atoms. The molecule has 0 aromatic carbocycles. The third-order valence-corrected chi connectivity index (χ3v) is 1.75. The van der Waals surface area contributed by atoms with Crippen LogP contribution in [0.5, 0.6) is 0 Å². The highest BCUT2D eigenvalue weighted by atomic mass is 16.7. The van der Waals surface area contributed by atoms with Crippen LogP contribution in [0.25, 0.3) is 0 Å². The molecular weight excluding hydrogens is 188 g/mol.